The van der Waals surface area contributed by atoms with Gasteiger partial charge in [-0.1, -0.05) is 0 Å². The maximum absolute atomic E-state index is 8.99. The minimum absolute atomic E-state index is 0.135. The zero-order valence-corrected chi connectivity index (χ0v) is 8.06. The summed E-state index contributed by atoms with van der Waals surface area (Å²) in [5.41, 5.74) is -0.135. The molecule has 0 spiro atoms. The van der Waals surface area contributed by atoms with Gasteiger partial charge >= 0.3 is 0 Å². The van der Waals surface area contributed by atoms with Crippen LogP contribution in [0.2, 0.25) is 0 Å². The summed E-state index contributed by atoms with van der Waals surface area (Å²) >= 11 is 0. The lowest BCUT2D eigenvalue weighted by molar-refractivity contribution is 0.186. The smallest absolute Gasteiger partial charge is 0.0607 e. The first kappa shape index (κ1) is 9.96. The summed E-state index contributed by atoms with van der Waals surface area (Å²) in [6.45, 7) is 6.34. The van der Waals surface area contributed by atoms with Crippen molar-refractivity contribution in [2.45, 2.75) is 38.3 Å². The number of rotatable bonds is 4. The Morgan fingerprint density at radius 2 is 2.33 bits per heavy atom. The van der Waals surface area contributed by atoms with Gasteiger partial charge in [0.2, 0.25) is 0 Å². The average Bonchev–Trinajstić information content (AvgIpc) is 2.53. The van der Waals surface area contributed by atoms with Crippen LogP contribution in [0.25, 0.3) is 0 Å². The fourth-order valence-corrected chi connectivity index (χ4v) is 1.39. The van der Waals surface area contributed by atoms with Crippen LogP contribution in [-0.2, 0) is 0 Å². The van der Waals surface area contributed by atoms with Crippen LogP contribution in [0.1, 0.15) is 26.7 Å². The van der Waals surface area contributed by atoms with Gasteiger partial charge in [-0.3, -0.25) is 0 Å². The van der Waals surface area contributed by atoms with Crippen molar-refractivity contribution in [3.05, 3.63) is 0 Å². The predicted molar refractivity (Wildman–Crippen MR) is 50.2 cm³/mol. The van der Waals surface area contributed by atoms with E-state index in [9.17, 15) is 0 Å². The molecule has 3 nitrogen and oxygen atoms in total. The highest BCUT2D eigenvalue weighted by atomic mass is 16.3. The van der Waals surface area contributed by atoms with Crippen LogP contribution in [0.15, 0.2) is 0 Å². The molecule has 0 aromatic rings. The molecule has 0 saturated carbocycles. The van der Waals surface area contributed by atoms with Crippen molar-refractivity contribution in [1.29, 1.82) is 0 Å². The Hall–Kier alpha value is -0.120. The molecule has 1 fully saturated rings. The molecule has 1 heterocycles. The molecule has 3 heteroatoms. The molecular formula is C9H20N2O. The minimum Gasteiger partial charge on any atom is -0.394 e. The molecule has 0 bridgehead atoms. The number of hydrogen-bond acceptors (Lipinski definition) is 3. The highest BCUT2D eigenvalue weighted by molar-refractivity contribution is 4.82. The second kappa shape index (κ2) is 4.21. The third-order valence-corrected chi connectivity index (χ3v) is 2.38. The molecule has 0 aromatic heterocycles. The van der Waals surface area contributed by atoms with Crippen LogP contribution in [-0.4, -0.2) is 36.4 Å². The number of aliphatic hydroxyl groups is 1. The standard InChI is InChI=1S/C9H20N2O/c1-9(2,7-12)11-6-8-4-3-5-10-8/h8,10-12H,3-7H2,1-2H3/t8-/m0/s1. The number of hydrogen-bond donors (Lipinski definition) is 3. The van der Waals surface area contributed by atoms with Gasteiger partial charge in [0.25, 0.3) is 0 Å². The van der Waals surface area contributed by atoms with E-state index in [0.29, 0.717) is 6.04 Å². The lowest BCUT2D eigenvalue weighted by atomic mass is 10.1. The Morgan fingerprint density at radius 3 is 2.83 bits per heavy atom. The van der Waals surface area contributed by atoms with Crippen molar-refractivity contribution < 1.29 is 5.11 Å². The summed E-state index contributed by atoms with van der Waals surface area (Å²) in [7, 11) is 0. The van der Waals surface area contributed by atoms with Crippen LogP contribution < -0.4 is 10.6 Å². The molecule has 1 aliphatic heterocycles. The first-order valence-corrected chi connectivity index (χ1v) is 4.73. The molecule has 72 valence electrons. The molecule has 0 amide bonds. The maximum atomic E-state index is 8.99. The van der Waals surface area contributed by atoms with Crippen molar-refractivity contribution in [3.8, 4) is 0 Å². The van der Waals surface area contributed by atoms with Gasteiger partial charge < -0.3 is 15.7 Å². The lowest BCUT2D eigenvalue weighted by Gasteiger charge is -2.25. The van der Waals surface area contributed by atoms with Crippen molar-refractivity contribution in [2.75, 3.05) is 19.7 Å². The van der Waals surface area contributed by atoms with Gasteiger partial charge in [-0.15, -0.1) is 0 Å². The first-order valence-electron chi connectivity index (χ1n) is 4.73. The SMILES string of the molecule is CC(C)(CO)NC[C@@H]1CCCN1. The van der Waals surface area contributed by atoms with E-state index in [4.69, 9.17) is 5.11 Å². The van der Waals surface area contributed by atoms with Crippen molar-refractivity contribution in [3.63, 3.8) is 0 Å². The molecule has 3 N–H and O–H groups in total. The monoisotopic (exact) mass is 172 g/mol. The first-order chi connectivity index (χ1) is 5.64. The van der Waals surface area contributed by atoms with E-state index in [2.05, 4.69) is 10.6 Å². The highest BCUT2D eigenvalue weighted by Gasteiger charge is 2.19. The van der Waals surface area contributed by atoms with E-state index in [1.165, 1.54) is 12.8 Å². The molecule has 1 saturated heterocycles. The molecule has 1 atom stereocenters. The van der Waals surface area contributed by atoms with E-state index >= 15 is 0 Å². The van der Waals surface area contributed by atoms with Gasteiger partial charge in [0.1, 0.15) is 0 Å². The van der Waals surface area contributed by atoms with Gasteiger partial charge in [-0.2, -0.15) is 0 Å². The van der Waals surface area contributed by atoms with E-state index in [1.54, 1.807) is 0 Å². The summed E-state index contributed by atoms with van der Waals surface area (Å²) < 4.78 is 0. The largest absolute Gasteiger partial charge is 0.394 e. The Labute approximate surface area is 74.5 Å². The minimum atomic E-state index is -0.135. The van der Waals surface area contributed by atoms with Crippen molar-refractivity contribution in [1.82, 2.24) is 10.6 Å². The van der Waals surface area contributed by atoms with Crippen molar-refractivity contribution in [2.24, 2.45) is 0 Å². The third kappa shape index (κ3) is 3.09. The molecule has 0 aliphatic carbocycles. The summed E-state index contributed by atoms with van der Waals surface area (Å²) in [5.74, 6) is 0. The maximum Gasteiger partial charge on any atom is 0.0607 e. The van der Waals surface area contributed by atoms with Gasteiger partial charge in [0.05, 0.1) is 6.61 Å². The average molecular weight is 172 g/mol. The van der Waals surface area contributed by atoms with E-state index in [0.717, 1.165) is 13.1 Å². The molecular weight excluding hydrogens is 152 g/mol. The van der Waals surface area contributed by atoms with Crippen LogP contribution in [0.4, 0.5) is 0 Å². The fourth-order valence-electron chi connectivity index (χ4n) is 1.39. The van der Waals surface area contributed by atoms with E-state index in [1.807, 2.05) is 13.8 Å². The van der Waals surface area contributed by atoms with E-state index in [-0.39, 0.29) is 12.1 Å². The summed E-state index contributed by atoms with van der Waals surface area (Å²) in [6, 6.07) is 0.607. The van der Waals surface area contributed by atoms with Crippen molar-refractivity contribution >= 4 is 0 Å². The zero-order valence-electron chi connectivity index (χ0n) is 8.06. The quantitative estimate of drug-likeness (QED) is 0.563. The van der Waals surface area contributed by atoms with Gasteiger partial charge in [0, 0.05) is 18.1 Å². The molecule has 0 radical (unpaired) electrons. The van der Waals surface area contributed by atoms with Gasteiger partial charge in [0.15, 0.2) is 0 Å². The Morgan fingerprint density at radius 1 is 1.58 bits per heavy atom. The van der Waals surface area contributed by atoms with Crippen LogP contribution in [0.3, 0.4) is 0 Å². The van der Waals surface area contributed by atoms with Crippen LogP contribution in [0, 0.1) is 0 Å². The van der Waals surface area contributed by atoms with Crippen LogP contribution in [0.5, 0.6) is 0 Å². The molecule has 0 unspecified atom stereocenters. The van der Waals surface area contributed by atoms with Crippen LogP contribution >= 0.6 is 0 Å². The third-order valence-electron chi connectivity index (χ3n) is 2.38. The molecule has 0 aromatic carbocycles. The lowest BCUT2D eigenvalue weighted by Crippen LogP contribution is -2.47. The fraction of sp³-hybridized carbons (Fsp3) is 1.00. The Balaban J connectivity index is 2.15. The van der Waals surface area contributed by atoms with Gasteiger partial charge in [-0.05, 0) is 33.2 Å². The topological polar surface area (TPSA) is 44.3 Å². The zero-order chi connectivity index (χ0) is 9.03. The second-order valence-corrected chi connectivity index (χ2v) is 4.22. The highest BCUT2D eigenvalue weighted by Crippen LogP contribution is 2.06. The Bertz CT molecular complexity index is 130. The van der Waals surface area contributed by atoms with E-state index < -0.39 is 0 Å². The summed E-state index contributed by atoms with van der Waals surface area (Å²) in [4.78, 5) is 0. The predicted octanol–water partition coefficient (Wildman–Crippen LogP) is 0.0989. The Kier molecular flexibility index (Phi) is 3.50. The molecule has 1 rings (SSSR count). The summed E-state index contributed by atoms with van der Waals surface area (Å²) in [5, 5.41) is 15.7. The second-order valence-electron chi connectivity index (χ2n) is 4.22. The summed E-state index contributed by atoms with van der Waals surface area (Å²) in [6.07, 6.45) is 2.54. The van der Waals surface area contributed by atoms with Gasteiger partial charge in [-0.25, -0.2) is 0 Å². The number of aliphatic hydroxyl groups excluding tert-OH is 1. The number of nitrogens with one attached hydrogen (secondary N) is 2. The molecule has 1 aliphatic rings. The normalized spacial score (nSPS) is 24.8. The molecule has 12 heavy (non-hydrogen) atoms.